The standard InChI is InChI=1S/C22H18BrFN4O2/c1-22(2,30-18-10-3-14(23)4-11-18)21(29)25-16-7-12-19-20(13-16)27-28(26-19)17-8-5-15(24)6-9-17/h3-13H,1-2H3,(H,25,29). The molecule has 152 valence electrons. The number of benzene rings is 3. The number of fused-ring (bicyclic) bond motifs is 1. The predicted molar refractivity (Wildman–Crippen MR) is 116 cm³/mol. The quantitative estimate of drug-likeness (QED) is 0.441. The van der Waals surface area contributed by atoms with Crippen LogP contribution in [0, 0.1) is 5.82 Å². The number of halogens is 2. The Bertz CT molecular complexity index is 1200. The van der Waals surface area contributed by atoms with Crippen LogP contribution in [0.2, 0.25) is 0 Å². The van der Waals surface area contributed by atoms with E-state index in [-0.39, 0.29) is 11.7 Å². The van der Waals surface area contributed by atoms with Crippen LogP contribution in [0.5, 0.6) is 5.75 Å². The van der Waals surface area contributed by atoms with Crippen molar-refractivity contribution in [3.05, 3.63) is 77.0 Å². The van der Waals surface area contributed by atoms with E-state index < -0.39 is 5.60 Å². The summed E-state index contributed by atoms with van der Waals surface area (Å²) in [5, 5.41) is 11.7. The maximum Gasteiger partial charge on any atom is 0.267 e. The molecule has 0 spiro atoms. The number of hydrogen-bond donors (Lipinski definition) is 1. The Balaban J connectivity index is 1.52. The van der Waals surface area contributed by atoms with Crippen LogP contribution in [0.25, 0.3) is 16.7 Å². The number of rotatable bonds is 5. The molecule has 0 aliphatic carbocycles. The summed E-state index contributed by atoms with van der Waals surface area (Å²) in [7, 11) is 0. The minimum Gasteiger partial charge on any atom is -0.478 e. The van der Waals surface area contributed by atoms with Gasteiger partial charge >= 0.3 is 0 Å². The number of anilines is 1. The number of aromatic nitrogens is 3. The lowest BCUT2D eigenvalue weighted by Gasteiger charge is -2.25. The fourth-order valence-electron chi connectivity index (χ4n) is 2.81. The van der Waals surface area contributed by atoms with Crippen LogP contribution in [0.15, 0.2) is 71.2 Å². The van der Waals surface area contributed by atoms with Crippen LogP contribution in [0.4, 0.5) is 10.1 Å². The van der Waals surface area contributed by atoms with Gasteiger partial charge in [0.1, 0.15) is 22.6 Å². The monoisotopic (exact) mass is 468 g/mol. The maximum absolute atomic E-state index is 13.1. The molecule has 0 atom stereocenters. The summed E-state index contributed by atoms with van der Waals surface area (Å²) in [6, 6.07) is 18.4. The van der Waals surface area contributed by atoms with E-state index in [4.69, 9.17) is 4.74 Å². The summed E-state index contributed by atoms with van der Waals surface area (Å²) >= 11 is 3.37. The Morgan fingerprint density at radius 1 is 1.00 bits per heavy atom. The van der Waals surface area contributed by atoms with Crippen molar-refractivity contribution in [2.45, 2.75) is 19.4 Å². The lowest BCUT2D eigenvalue weighted by Crippen LogP contribution is -2.42. The number of nitrogens with zero attached hydrogens (tertiary/aromatic N) is 3. The number of amides is 1. The van der Waals surface area contributed by atoms with Gasteiger partial charge in [0.15, 0.2) is 5.60 Å². The van der Waals surface area contributed by atoms with Crippen molar-refractivity contribution >= 4 is 38.6 Å². The molecule has 0 aliphatic heterocycles. The van der Waals surface area contributed by atoms with Crippen molar-refractivity contribution in [1.29, 1.82) is 0 Å². The van der Waals surface area contributed by atoms with Gasteiger partial charge in [-0.05, 0) is 80.6 Å². The molecule has 4 aromatic rings. The van der Waals surface area contributed by atoms with Crippen LogP contribution in [0.3, 0.4) is 0 Å². The van der Waals surface area contributed by atoms with Gasteiger partial charge in [-0.25, -0.2) is 4.39 Å². The Morgan fingerprint density at radius 3 is 2.37 bits per heavy atom. The lowest BCUT2D eigenvalue weighted by molar-refractivity contribution is -0.128. The molecule has 0 unspecified atom stereocenters. The zero-order chi connectivity index (χ0) is 21.3. The van der Waals surface area contributed by atoms with E-state index in [1.807, 2.05) is 12.1 Å². The molecule has 30 heavy (non-hydrogen) atoms. The number of nitrogens with one attached hydrogen (secondary N) is 1. The Labute approximate surface area is 180 Å². The van der Waals surface area contributed by atoms with Crippen molar-refractivity contribution in [3.63, 3.8) is 0 Å². The second-order valence-electron chi connectivity index (χ2n) is 7.19. The topological polar surface area (TPSA) is 69.0 Å². The minimum atomic E-state index is -1.09. The SMILES string of the molecule is CC(C)(Oc1ccc(Br)cc1)C(=O)Nc1ccc2nn(-c3ccc(F)cc3)nc2c1. The zero-order valence-electron chi connectivity index (χ0n) is 16.3. The summed E-state index contributed by atoms with van der Waals surface area (Å²) < 4.78 is 19.9. The van der Waals surface area contributed by atoms with Gasteiger partial charge in [-0.3, -0.25) is 4.79 Å². The highest BCUT2D eigenvalue weighted by Crippen LogP contribution is 2.23. The van der Waals surface area contributed by atoms with Gasteiger partial charge < -0.3 is 10.1 Å². The molecule has 4 rings (SSSR count). The van der Waals surface area contributed by atoms with Crippen LogP contribution >= 0.6 is 15.9 Å². The minimum absolute atomic E-state index is 0.296. The Kier molecular flexibility index (Phi) is 5.26. The second kappa shape index (κ2) is 7.87. The molecule has 1 amide bonds. The number of ether oxygens (including phenoxy) is 1. The Hall–Kier alpha value is -3.26. The van der Waals surface area contributed by atoms with E-state index in [1.165, 1.54) is 16.9 Å². The summed E-state index contributed by atoms with van der Waals surface area (Å²) in [5.74, 6) is -0.0276. The number of carbonyl (C=O) groups excluding carboxylic acids is 1. The molecule has 0 aliphatic rings. The molecule has 0 radical (unpaired) electrons. The van der Waals surface area contributed by atoms with E-state index in [0.717, 1.165) is 4.47 Å². The molecule has 1 N–H and O–H groups in total. The average molecular weight is 469 g/mol. The molecule has 0 fully saturated rings. The zero-order valence-corrected chi connectivity index (χ0v) is 17.9. The van der Waals surface area contributed by atoms with E-state index in [1.54, 1.807) is 56.3 Å². The third-order valence-electron chi connectivity index (χ3n) is 4.43. The predicted octanol–water partition coefficient (Wildman–Crippen LogP) is 5.12. The van der Waals surface area contributed by atoms with E-state index in [0.29, 0.717) is 28.2 Å². The van der Waals surface area contributed by atoms with Gasteiger partial charge in [-0.15, -0.1) is 10.2 Å². The highest BCUT2D eigenvalue weighted by molar-refractivity contribution is 9.10. The van der Waals surface area contributed by atoms with Crippen LogP contribution in [0.1, 0.15) is 13.8 Å². The summed E-state index contributed by atoms with van der Waals surface area (Å²) in [6.45, 7) is 3.40. The third-order valence-corrected chi connectivity index (χ3v) is 4.96. The molecule has 0 bridgehead atoms. The molecule has 0 saturated carbocycles. The molecular weight excluding hydrogens is 451 g/mol. The van der Waals surface area contributed by atoms with Crippen molar-refractivity contribution in [3.8, 4) is 11.4 Å². The second-order valence-corrected chi connectivity index (χ2v) is 8.11. The fourth-order valence-corrected chi connectivity index (χ4v) is 3.07. The first-order chi connectivity index (χ1) is 14.3. The van der Waals surface area contributed by atoms with Crippen LogP contribution in [-0.4, -0.2) is 26.5 Å². The molecule has 0 saturated heterocycles. The van der Waals surface area contributed by atoms with Crippen molar-refractivity contribution in [1.82, 2.24) is 15.0 Å². The first-order valence-electron chi connectivity index (χ1n) is 9.19. The summed E-state index contributed by atoms with van der Waals surface area (Å²) in [4.78, 5) is 14.2. The molecule has 3 aromatic carbocycles. The maximum atomic E-state index is 13.1. The Morgan fingerprint density at radius 2 is 1.67 bits per heavy atom. The van der Waals surface area contributed by atoms with E-state index >= 15 is 0 Å². The van der Waals surface area contributed by atoms with Gasteiger partial charge in [0, 0.05) is 10.2 Å². The molecule has 1 aromatic heterocycles. The van der Waals surface area contributed by atoms with Crippen molar-refractivity contribution in [2.24, 2.45) is 0 Å². The number of carbonyl (C=O) groups is 1. The molecule has 6 nitrogen and oxygen atoms in total. The smallest absolute Gasteiger partial charge is 0.267 e. The fraction of sp³-hybridized carbons (Fsp3) is 0.136. The normalized spacial score (nSPS) is 11.5. The molecule has 1 heterocycles. The summed E-state index contributed by atoms with van der Waals surface area (Å²) in [5.41, 5.74) is 1.38. The van der Waals surface area contributed by atoms with Gasteiger partial charge in [-0.1, -0.05) is 15.9 Å². The summed E-state index contributed by atoms with van der Waals surface area (Å²) in [6.07, 6.45) is 0. The van der Waals surface area contributed by atoms with E-state index in [2.05, 4.69) is 31.4 Å². The van der Waals surface area contributed by atoms with Gasteiger partial charge in [-0.2, -0.15) is 4.80 Å². The first-order valence-corrected chi connectivity index (χ1v) is 9.98. The highest BCUT2D eigenvalue weighted by Gasteiger charge is 2.30. The largest absolute Gasteiger partial charge is 0.478 e. The number of hydrogen-bond acceptors (Lipinski definition) is 4. The third kappa shape index (κ3) is 4.33. The highest BCUT2D eigenvalue weighted by atomic mass is 79.9. The van der Waals surface area contributed by atoms with Crippen LogP contribution < -0.4 is 10.1 Å². The average Bonchev–Trinajstić information content (AvgIpc) is 3.13. The molecule has 8 heteroatoms. The molecular formula is C22H18BrFN4O2. The van der Waals surface area contributed by atoms with Crippen molar-refractivity contribution in [2.75, 3.05) is 5.32 Å². The van der Waals surface area contributed by atoms with Crippen LogP contribution in [-0.2, 0) is 4.79 Å². The first kappa shape index (κ1) is 20.0. The van der Waals surface area contributed by atoms with Crippen molar-refractivity contribution < 1.29 is 13.9 Å². The van der Waals surface area contributed by atoms with Gasteiger partial charge in [0.2, 0.25) is 0 Å². The van der Waals surface area contributed by atoms with E-state index in [9.17, 15) is 9.18 Å². The van der Waals surface area contributed by atoms with Gasteiger partial charge in [0.25, 0.3) is 5.91 Å². The lowest BCUT2D eigenvalue weighted by atomic mass is 10.1. The van der Waals surface area contributed by atoms with Gasteiger partial charge in [0.05, 0.1) is 5.69 Å².